The van der Waals surface area contributed by atoms with E-state index >= 15 is 0 Å². The molecule has 84 valence electrons. The molecule has 2 nitrogen and oxygen atoms in total. The molecule has 0 spiro atoms. The van der Waals surface area contributed by atoms with Crippen molar-refractivity contribution in [2.24, 2.45) is 0 Å². The van der Waals surface area contributed by atoms with E-state index in [0.717, 1.165) is 6.04 Å². The Morgan fingerprint density at radius 1 is 1.29 bits per heavy atom. The molecule has 0 saturated carbocycles. The zero-order valence-corrected chi connectivity index (χ0v) is 10.2. The number of hydrogen-bond donors (Lipinski definition) is 1. The molecule has 1 saturated heterocycles. The van der Waals surface area contributed by atoms with Crippen LogP contribution in [0.4, 0.5) is 0 Å². The van der Waals surface area contributed by atoms with Gasteiger partial charge in [0.2, 0.25) is 0 Å². The van der Waals surface area contributed by atoms with Gasteiger partial charge in [-0.2, -0.15) is 0 Å². The Labute approximate surface area is 89.1 Å². The molecule has 0 bridgehead atoms. The minimum Gasteiger partial charge on any atom is -0.311 e. The predicted octanol–water partition coefficient (Wildman–Crippen LogP) is 2.25. The molecule has 0 radical (unpaired) electrons. The molecule has 1 heterocycles. The maximum absolute atomic E-state index is 3.70. The fourth-order valence-electron chi connectivity index (χ4n) is 2.20. The third-order valence-electron chi connectivity index (χ3n) is 3.36. The van der Waals surface area contributed by atoms with E-state index in [1.807, 2.05) is 0 Å². The second-order valence-corrected chi connectivity index (χ2v) is 4.88. The van der Waals surface area contributed by atoms with Gasteiger partial charge in [0.05, 0.1) is 0 Å². The Hall–Kier alpha value is -0.0800. The smallest absolute Gasteiger partial charge is 0.00790 e. The third-order valence-corrected chi connectivity index (χ3v) is 3.36. The van der Waals surface area contributed by atoms with Gasteiger partial charge >= 0.3 is 0 Å². The lowest BCUT2D eigenvalue weighted by Crippen LogP contribution is -2.45. The lowest BCUT2D eigenvalue weighted by molar-refractivity contribution is 0.177. The quantitative estimate of drug-likeness (QED) is 0.732. The molecule has 1 rings (SSSR count). The van der Waals surface area contributed by atoms with Gasteiger partial charge in [-0.05, 0) is 53.1 Å². The molecule has 1 fully saturated rings. The average Bonchev–Trinajstić information content (AvgIpc) is 2.11. The monoisotopic (exact) mass is 198 g/mol. The fraction of sp³-hybridized carbons (Fsp3) is 1.00. The van der Waals surface area contributed by atoms with Crippen LogP contribution in [0.5, 0.6) is 0 Å². The van der Waals surface area contributed by atoms with E-state index in [1.165, 1.54) is 32.4 Å². The summed E-state index contributed by atoms with van der Waals surface area (Å²) in [7, 11) is 0. The molecule has 1 N–H and O–H groups in total. The zero-order valence-electron chi connectivity index (χ0n) is 10.2. The molecule has 0 aliphatic carbocycles. The van der Waals surface area contributed by atoms with Crippen LogP contribution in [0.25, 0.3) is 0 Å². The molecule has 2 heteroatoms. The molecule has 1 aliphatic heterocycles. The Bertz CT molecular complexity index is 156. The first-order valence-corrected chi connectivity index (χ1v) is 6.13. The number of rotatable bonds is 2. The number of hydrogen-bond acceptors (Lipinski definition) is 2. The van der Waals surface area contributed by atoms with Gasteiger partial charge in [0, 0.05) is 18.1 Å². The highest BCUT2D eigenvalue weighted by Crippen LogP contribution is 2.11. The van der Waals surface area contributed by atoms with Crippen LogP contribution in [0.3, 0.4) is 0 Å². The van der Waals surface area contributed by atoms with Crippen molar-refractivity contribution in [1.82, 2.24) is 10.2 Å². The van der Waals surface area contributed by atoms with Crippen molar-refractivity contribution in [1.29, 1.82) is 0 Å². The van der Waals surface area contributed by atoms with Crippen LogP contribution in [-0.2, 0) is 0 Å². The van der Waals surface area contributed by atoms with Crippen molar-refractivity contribution in [3.8, 4) is 0 Å². The Kier molecular flexibility index (Phi) is 4.90. The van der Waals surface area contributed by atoms with Gasteiger partial charge in [-0.15, -0.1) is 0 Å². The second-order valence-electron chi connectivity index (χ2n) is 4.88. The summed E-state index contributed by atoms with van der Waals surface area (Å²) >= 11 is 0. The molecular formula is C12H26N2. The lowest BCUT2D eigenvalue weighted by atomic mass is 10.0. The molecule has 0 aromatic heterocycles. The second kappa shape index (κ2) is 5.72. The molecule has 2 atom stereocenters. The highest BCUT2D eigenvalue weighted by molar-refractivity contribution is 4.78. The summed E-state index contributed by atoms with van der Waals surface area (Å²) in [5.74, 6) is 0. The summed E-state index contributed by atoms with van der Waals surface area (Å²) in [4.78, 5) is 2.61. The van der Waals surface area contributed by atoms with Crippen LogP contribution >= 0.6 is 0 Å². The zero-order chi connectivity index (χ0) is 10.6. The van der Waals surface area contributed by atoms with E-state index in [0.29, 0.717) is 12.1 Å². The first kappa shape index (κ1) is 12.0. The van der Waals surface area contributed by atoms with Crippen LogP contribution in [0.15, 0.2) is 0 Å². The highest BCUT2D eigenvalue weighted by Gasteiger charge is 2.18. The Morgan fingerprint density at radius 3 is 2.50 bits per heavy atom. The van der Waals surface area contributed by atoms with E-state index in [1.54, 1.807) is 0 Å². The fourth-order valence-corrected chi connectivity index (χ4v) is 2.20. The van der Waals surface area contributed by atoms with Gasteiger partial charge in [-0.1, -0.05) is 6.92 Å². The van der Waals surface area contributed by atoms with Crippen LogP contribution in [0.2, 0.25) is 0 Å². The number of nitrogens with one attached hydrogen (secondary N) is 1. The normalized spacial score (nSPS) is 31.5. The average molecular weight is 198 g/mol. The molecule has 0 aromatic carbocycles. The van der Waals surface area contributed by atoms with Crippen LogP contribution in [0.1, 0.15) is 47.0 Å². The molecule has 2 unspecified atom stereocenters. The molecule has 1 aliphatic rings. The van der Waals surface area contributed by atoms with Gasteiger partial charge in [0.1, 0.15) is 0 Å². The maximum Gasteiger partial charge on any atom is 0.00790 e. The van der Waals surface area contributed by atoms with Gasteiger partial charge in [-0.25, -0.2) is 0 Å². The van der Waals surface area contributed by atoms with Gasteiger partial charge in [-0.3, -0.25) is 0 Å². The van der Waals surface area contributed by atoms with Crippen molar-refractivity contribution in [2.45, 2.75) is 65.1 Å². The van der Waals surface area contributed by atoms with E-state index in [-0.39, 0.29) is 0 Å². The minimum absolute atomic E-state index is 0.682. The summed E-state index contributed by atoms with van der Waals surface area (Å²) < 4.78 is 0. The summed E-state index contributed by atoms with van der Waals surface area (Å²) in [5, 5.41) is 3.70. The third kappa shape index (κ3) is 3.58. The van der Waals surface area contributed by atoms with Crippen molar-refractivity contribution in [2.75, 3.05) is 13.1 Å². The van der Waals surface area contributed by atoms with Crippen LogP contribution in [-0.4, -0.2) is 36.1 Å². The first-order chi connectivity index (χ1) is 6.63. The maximum atomic E-state index is 3.70. The van der Waals surface area contributed by atoms with Gasteiger partial charge < -0.3 is 10.2 Å². The van der Waals surface area contributed by atoms with Crippen molar-refractivity contribution < 1.29 is 0 Å². The lowest BCUT2D eigenvalue weighted by Gasteiger charge is -2.34. The molecule has 0 amide bonds. The van der Waals surface area contributed by atoms with Gasteiger partial charge in [0.15, 0.2) is 0 Å². The summed E-state index contributed by atoms with van der Waals surface area (Å²) in [6.45, 7) is 11.7. The summed E-state index contributed by atoms with van der Waals surface area (Å²) in [5.41, 5.74) is 0. The first-order valence-electron chi connectivity index (χ1n) is 6.13. The minimum atomic E-state index is 0.682. The van der Waals surface area contributed by atoms with E-state index in [9.17, 15) is 0 Å². The summed E-state index contributed by atoms with van der Waals surface area (Å²) in [6.07, 6.45) is 3.85. The van der Waals surface area contributed by atoms with Crippen molar-refractivity contribution >= 4 is 0 Å². The number of nitrogens with zero attached hydrogens (tertiary/aromatic N) is 1. The highest BCUT2D eigenvalue weighted by atomic mass is 15.2. The molecule has 0 aromatic rings. The van der Waals surface area contributed by atoms with E-state index in [4.69, 9.17) is 0 Å². The largest absolute Gasteiger partial charge is 0.311 e. The standard InChI is InChI=1S/C12H26N2/c1-5-12-7-9-14(10(2)3)8-6-11(4)13-12/h10-13H,5-9H2,1-4H3. The predicted molar refractivity (Wildman–Crippen MR) is 62.6 cm³/mol. The van der Waals surface area contributed by atoms with Gasteiger partial charge in [0.25, 0.3) is 0 Å². The van der Waals surface area contributed by atoms with Crippen molar-refractivity contribution in [3.05, 3.63) is 0 Å². The Morgan fingerprint density at radius 2 is 1.93 bits per heavy atom. The molecule has 14 heavy (non-hydrogen) atoms. The molecular weight excluding hydrogens is 172 g/mol. The van der Waals surface area contributed by atoms with Crippen LogP contribution < -0.4 is 5.32 Å². The Balaban J connectivity index is 2.46. The topological polar surface area (TPSA) is 15.3 Å². The van der Waals surface area contributed by atoms with E-state index < -0.39 is 0 Å². The summed E-state index contributed by atoms with van der Waals surface area (Å²) in [6, 6.07) is 2.12. The van der Waals surface area contributed by atoms with Crippen LogP contribution in [0, 0.1) is 0 Å². The van der Waals surface area contributed by atoms with E-state index in [2.05, 4.69) is 37.9 Å². The van der Waals surface area contributed by atoms with Crippen molar-refractivity contribution in [3.63, 3.8) is 0 Å². The SMILES string of the molecule is CCC1CCN(C(C)C)CCC(C)N1.